The summed E-state index contributed by atoms with van der Waals surface area (Å²) in [6.07, 6.45) is 4.74. The van der Waals surface area contributed by atoms with Crippen LogP contribution in [0.25, 0.3) is 0 Å². The second-order valence-electron chi connectivity index (χ2n) is 4.92. The summed E-state index contributed by atoms with van der Waals surface area (Å²) in [6.45, 7) is 6.26. The number of piperidine rings is 1. The van der Waals surface area contributed by atoms with Gasteiger partial charge in [-0.2, -0.15) is 0 Å². The van der Waals surface area contributed by atoms with Crippen molar-refractivity contribution in [2.75, 3.05) is 13.1 Å². The van der Waals surface area contributed by atoms with Crippen LogP contribution >= 0.6 is 11.3 Å². The van der Waals surface area contributed by atoms with Gasteiger partial charge in [0.1, 0.15) is 4.88 Å². The van der Waals surface area contributed by atoms with E-state index in [1.54, 1.807) is 6.20 Å². The summed E-state index contributed by atoms with van der Waals surface area (Å²) < 4.78 is 0. The Hall–Kier alpha value is -0.940. The van der Waals surface area contributed by atoms with E-state index in [-0.39, 0.29) is 11.9 Å². The number of nitrogens with zero attached hydrogens (tertiary/aromatic N) is 1. The van der Waals surface area contributed by atoms with Gasteiger partial charge in [-0.1, -0.05) is 13.8 Å². The average molecular weight is 267 g/mol. The first-order valence-corrected chi connectivity index (χ1v) is 7.48. The first-order chi connectivity index (χ1) is 8.70. The van der Waals surface area contributed by atoms with E-state index in [1.807, 2.05) is 0 Å². The largest absolute Gasteiger partial charge is 0.348 e. The number of hydrogen-bond acceptors (Lipinski definition) is 4. The summed E-state index contributed by atoms with van der Waals surface area (Å²) in [7, 11) is 0. The number of aryl methyl sites for hydroxylation is 1. The van der Waals surface area contributed by atoms with Crippen LogP contribution < -0.4 is 10.6 Å². The maximum absolute atomic E-state index is 12.1. The van der Waals surface area contributed by atoms with Crippen LogP contribution in [0.3, 0.4) is 0 Å². The number of rotatable bonds is 4. The van der Waals surface area contributed by atoms with E-state index in [9.17, 15) is 4.79 Å². The van der Waals surface area contributed by atoms with E-state index in [0.717, 1.165) is 42.2 Å². The Labute approximate surface area is 112 Å². The molecule has 5 heteroatoms. The third-order valence-corrected chi connectivity index (χ3v) is 4.40. The van der Waals surface area contributed by atoms with Crippen LogP contribution in [0.5, 0.6) is 0 Å². The average Bonchev–Trinajstić information content (AvgIpc) is 2.81. The fourth-order valence-electron chi connectivity index (χ4n) is 2.21. The molecule has 18 heavy (non-hydrogen) atoms. The minimum absolute atomic E-state index is 0.0357. The molecule has 0 saturated carbocycles. The van der Waals surface area contributed by atoms with Crippen LogP contribution in [0.2, 0.25) is 0 Å². The van der Waals surface area contributed by atoms with Gasteiger partial charge in [0, 0.05) is 6.04 Å². The topological polar surface area (TPSA) is 54.0 Å². The van der Waals surface area contributed by atoms with Crippen molar-refractivity contribution in [1.29, 1.82) is 0 Å². The summed E-state index contributed by atoms with van der Waals surface area (Å²) in [5.74, 6) is 0.527. The lowest BCUT2D eigenvalue weighted by Crippen LogP contribution is -2.48. The highest BCUT2D eigenvalue weighted by molar-refractivity contribution is 7.13. The summed E-state index contributed by atoms with van der Waals surface area (Å²) in [5, 5.41) is 7.53. The van der Waals surface area contributed by atoms with Crippen molar-refractivity contribution in [3.63, 3.8) is 0 Å². The second kappa shape index (κ2) is 6.29. The molecule has 2 heterocycles. The molecule has 1 aliphatic rings. The van der Waals surface area contributed by atoms with Crippen LogP contribution in [0.15, 0.2) is 6.20 Å². The number of carbonyl (C=O) groups excluding carboxylic acids is 1. The van der Waals surface area contributed by atoms with Gasteiger partial charge in [0.05, 0.1) is 11.2 Å². The first-order valence-electron chi connectivity index (χ1n) is 6.67. The van der Waals surface area contributed by atoms with Gasteiger partial charge in [-0.05, 0) is 38.3 Å². The number of hydrogen-bond donors (Lipinski definition) is 2. The van der Waals surface area contributed by atoms with Gasteiger partial charge in [-0.25, -0.2) is 4.98 Å². The Bertz CT molecular complexity index is 405. The van der Waals surface area contributed by atoms with Gasteiger partial charge < -0.3 is 10.6 Å². The zero-order chi connectivity index (χ0) is 13.0. The van der Waals surface area contributed by atoms with Gasteiger partial charge in [0.2, 0.25) is 0 Å². The van der Waals surface area contributed by atoms with Crippen LogP contribution in [0.1, 0.15) is 41.4 Å². The van der Waals surface area contributed by atoms with Crippen molar-refractivity contribution in [2.45, 2.75) is 39.2 Å². The predicted molar refractivity (Wildman–Crippen MR) is 74.0 cm³/mol. The first kappa shape index (κ1) is 13.5. The zero-order valence-corrected chi connectivity index (χ0v) is 11.8. The van der Waals surface area contributed by atoms with E-state index in [0.29, 0.717) is 5.92 Å². The molecule has 0 radical (unpaired) electrons. The van der Waals surface area contributed by atoms with Crippen molar-refractivity contribution in [3.8, 4) is 0 Å². The number of amides is 1. The van der Waals surface area contributed by atoms with Gasteiger partial charge in [-0.15, -0.1) is 11.3 Å². The van der Waals surface area contributed by atoms with Crippen molar-refractivity contribution in [1.82, 2.24) is 15.6 Å². The van der Waals surface area contributed by atoms with E-state index in [4.69, 9.17) is 0 Å². The van der Waals surface area contributed by atoms with E-state index >= 15 is 0 Å². The Balaban J connectivity index is 1.93. The molecule has 0 spiro atoms. The number of aromatic nitrogens is 1. The molecule has 0 bridgehead atoms. The van der Waals surface area contributed by atoms with Crippen molar-refractivity contribution in [3.05, 3.63) is 16.1 Å². The van der Waals surface area contributed by atoms with Crippen LogP contribution in [-0.2, 0) is 6.42 Å². The monoisotopic (exact) mass is 267 g/mol. The standard InChI is InChI=1S/C13H21N3OS/c1-3-4-12-15-8-11(18-12)13(17)16-10-5-6-14-7-9(10)2/h8-10,14H,3-7H2,1-2H3,(H,16,17). The molecule has 1 saturated heterocycles. The maximum atomic E-state index is 12.1. The summed E-state index contributed by atoms with van der Waals surface area (Å²) in [5.41, 5.74) is 0. The molecule has 1 fully saturated rings. The third kappa shape index (κ3) is 3.29. The van der Waals surface area contributed by atoms with Gasteiger partial charge >= 0.3 is 0 Å². The molecule has 1 amide bonds. The summed E-state index contributed by atoms with van der Waals surface area (Å²) in [4.78, 5) is 17.1. The Kier molecular flexibility index (Phi) is 4.72. The number of carbonyl (C=O) groups is 1. The molecule has 1 aromatic heterocycles. The Morgan fingerprint density at radius 1 is 1.67 bits per heavy atom. The lowest BCUT2D eigenvalue weighted by Gasteiger charge is -2.29. The summed E-state index contributed by atoms with van der Waals surface area (Å²) in [6, 6.07) is 0.287. The molecule has 0 aliphatic carbocycles. The van der Waals surface area contributed by atoms with Gasteiger partial charge in [-0.3, -0.25) is 4.79 Å². The normalized spacial score (nSPS) is 23.9. The molecule has 1 aliphatic heterocycles. The van der Waals surface area contributed by atoms with Crippen LogP contribution in [0.4, 0.5) is 0 Å². The predicted octanol–water partition coefficient (Wildman–Crippen LogP) is 1.82. The highest BCUT2D eigenvalue weighted by Crippen LogP contribution is 2.16. The van der Waals surface area contributed by atoms with E-state index in [2.05, 4.69) is 29.5 Å². The molecule has 100 valence electrons. The number of nitrogens with one attached hydrogen (secondary N) is 2. The van der Waals surface area contributed by atoms with E-state index < -0.39 is 0 Å². The molecular weight excluding hydrogens is 246 g/mol. The molecule has 2 rings (SSSR count). The van der Waals surface area contributed by atoms with Crippen LogP contribution in [0, 0.1) is 5.92 Å². The van der Waals surface area contributed by atoms with E-state index in [1.165, 1.54) is 11.3 Å². The highest BCUT2D eigenvalue weighted by atomic mass is 32.1. The summed E-state index contributed by atoms with van der Waals surface area (Å²) >= 11 is 1.52. The Morgan fingerprint density at radius 3 is 3.22 bits per heavy atom. The second-order valence-corrected chi connectivity index (χ2v) is 6.03. The highest BCUT2D eigenvalue weighted by Gasteiger charge is 2.23. The maximum Gasteiger partial charge on any atom is 0.263 e. The van der Waals surface area contributed by atoms with Crippen LogP contribution in [-0.4, -0.2) is 30.0 Å². The third-order valence-electron chi connectivity index (χ3n) is 3.34. The SMILES string of the molecule is CCCc1ncc(C(=O)NC2CCNCC2C)s1. The molecule has 4 nitrogen and oxygen atoms in total. The molecule has 2 atom stereocenters. The smallest absolute Gasteiger partial charge is 0.263 e. The fourth-order valence-corrected chi connectivity index (χ4v) is 3.14. The van der Waals surface area contributed by atoms with Gasteiger partial charge in [0.15, 0.2) is 0 Å². The zero-order valence-electron chi connectivity index (χ0n) is 11.0. The molecule has 2 N–H and O–H groups in total. The molecular formula is C13H21N3OS. The fraction of sp³-hybridized carbons (Fsp3) is 0.692. The van der Waals surface area contributed by atoms with Crippen molar-refractivity contribution < 1.29 is 4.79 Å². The lowest BCUT2D eigenvalue weighted by molar-refractivity contribution is 0.0918. The number of thiazole rings is 1. The quantitative estimate of drug-likeness (QED) is 0.875. The molecule has 2 unspecified atom stereocenters. The Morgan fingerprint density at radius 2 is 2.50 bits per heavy atom. The molecule has 0 aromatic carbocycles. The van der Waals surface area contributed by atoms with Gasteiger partial charge in [0.25, 0.3) is 5.91 Å². The minimum Gasteiger partial charge on any atom is -0.348 e. The minimum atomic E-state index is 0.0357. The van der Waals surface area contributed by atoms with Crippen molar-refractivity contribution in [2.24, 2.45) is 5.92 Å². The molecule has 1 aromatic rings. The lowest BCUT2D eigenvalue weighted by atomic mass is 9.95. The van der Waals surface area contributed by atoms with Crippen molar-refractivity contribution >= 4 is 17.2 Å².